The summed E-state index contributed by atoms with van der Waals surface area (Å²) in [6.45, 7) is 3.38. The molecule has 2 atom stereocenters. The van der Waals surface area contributed by atoms with Crippen molar-refractivity contribution in [1.82, 2.24) is 25.5 Å². The molecule has 2 N–H and O–H groups in total. The molecule has 0 aliphatic carbocycles. The zero-order chi connectivity index (χ0) is 13.8. The van der Waals surface area contributed by atoms with E-state index in [0.29, 0.717) is 12.1 Å². The van der Waals surface area contributed by atoms with E-state index in [9.17, 15) is 0 Å². The molecular weight excluding hydrogens is 252 g/mol. The Morgan fingerprint density at radius 2 is 2.45 bits per heavy atom. The zero-order valence-corrected chi connectivity index (χ0v) is 11.7. The molecule has 2 unspecified atom stereocenters. The summed E-state index contributed by atoms with van der Waals surface area (Å²) in [5, 5.41) is 18.3. The van der Waals surface area contributed by atoms with Gasteiger partial charge >= 0.3 is 0 Å². The van der Waals surface area contributed by atoms with Crippen LogP contribution in [0.2, 0.25) is 0 Å². The molecular formula is C14H20N6. The van der Waals surface area contributed by atoms with E-state index in [1.807, 2.05) is 12.1 Å². The summed E-state index contributed by atoms with van der Waals surface area (Å²) < 4.78 is 1.66. The Morgan fingerprint density at radius 3 is 3.20 bits per heavy atom. The molecule has 1 aromatic carbocycles. The van der Waals surface area contributed by atoms with Crippen molar-refractivity contribution in [3.63, 3.8) is 0 Å². The third-order valence-electron chi connectivity index (χ3n) is 3.67. The Morgan fingerprint density at radius 1 is 1.50 bits per heavy atom. The highest BCUT2D eigenvalue weighted by Crippen LogP contribution is 2.17. The van der Waals surface area contributed by atoms with E-state index < -0.39 is 0 Å². The van der Waals surface area contributed by atoms with Gasteiger partial charge in [-0.15, -0.1) is 5.10 Å². The van der Waals surface area contributed by atoms with Gasteiger partial charge in [-0.1, -0.05) is 6.07 Å². The van der Waals surface area contributed by atoms with Crippen molar-refractivity contribution in [2.75, 3.05) is 11.9 Å². The molecule has 6 heteroatoms. The Labute approximate surface area is 118 Å². The van der Waals surface area contributed by atoms with E-state index in [4.69, 9.17) is 0 Å². The highest BCUT2D eigenvalue weighted by molar-refractivity contribution is 5.51. The molecule has 0 spiro atoms. The number of benzene rings is 1. The molecule has 0 saturated carbocycles. The van der Waals surface area contributed by atoms with Crippen molar-refractivity contribution in [1.29, 1.82) is 0 Å². The maximum absolute atomic E-state index is 3.91. The van der Waals surface area contributed by atoms with Crippen LogP contribution in [-0.2, 0) is 0 Å². The fraction of sp³-hybridized carbons (Fsp3) is 0.500. The van der Waals surface area contributed by atoms with Gasteiger partial charge in [-0.25, -0.2) is 4.68 Å². The van der Waals surface area contributed by atoms with Crippen molar-refractivity contribution in [2.45, 2.75) is 38.3 Å². The lowest BCUT2D eigenvalue weighted by molar-refractivity contribution is 0.523. The largest absolute Gasteiger partial charge is 0.382 e. The van der Waals surface area contributed by atoms with E-state index in [1.54, 1.807) is 11.0 Å². The van der Waals surface area contributed by atoms with E-state index in [1.165, 1.54) is 12.8 Å². The van der Waals surface area contributed by atoms with Crippen LogP contribution in [0, 0.1) is 0 Å². The van der Waals surface area contributed by atoms with Gasteiger partial charge < -0.3 is 10.6 Å². The molecule has 1 aromatic heterocycles. The molecule has 2 heterocycles. The summed E-state index contributed by atoms with van der Waals surface area (Å²) >= 11 is 0. The minimum absolute atomic E-state index is 0.440. The molecule has 2 aromatic rings. The smallest absolute Gasteiger partial charge is 0.143 e. The average Bonchev–Trinajstić information content (AvgIpc) is 3.11. The lowest BCUT2D eigenvalue weighted by atomic mass is 10.1. The van der Waals surface area contributed by atoms with Gasteiger partial charge in [0.1, 0.15) is 6.33 Å². The lowest BCUT2D eigenvalue weighted by Crippen LogP contribution is -2.29. The third-order valence-corrected chi connectivity index (χ3v) is 3.67. The van der Waals surface area contributed by atoms with Crippen LogP contribution in [0.4, 0.5) is 5.69 Å². The number of hydrogen-bond donors (Lipinski definition) is 2. The van der Waals surface area contributed by atoms with Crippen molar-refractivity contribution in [2.24, 2.45) is 0 Å². The van der Waals surface area contributed by atoms with Gasteiger partial charge in [0.15, 0.2) is 0 Å². The minimum atomic E-state index is 0.440. The summed E-state index contributed by atoms with van der Waals surface area (Å²) in [4.78, 5) is 0. The molecule has 106 valence electrons. The number of anilines is 1. The molecule has 1 saturated heterocycles. The Kier molecular flexibility index (Phi) is 3.92. The van der Waals surface area contributed by atoms with Crippen LogP contribution >= 0.6 is 0 Å². The van der Waals surface area contributed by atoms with E-state index in [-0.39, 0.29) is 0 Å². The van der Waals surface area contributed by atoms with Gasteiger partial charge in [-0.3, -0.25) is 0 Å². The fourth-order valence-electron chi connectivity index (χ4n) is 2.75. The maximum Gasteiger partial charge on any atom is 0.143 e. The molecule has 1 fully saturated rings. The molecule has 0 radical (unpaired) electrons. The first-order chi connectivity index (χ1) is 9.81. The molecule has 0 amide bonds. The van der Waals surface area contributed by atoms with Crippen LogP contribution in [0.5, 0.6) is 0 Å². The van der Waals surface area contributed by atoms with Crippen LogP contribution in [-0.4, -0.2) is 38.8 Å². The third kappa shape index (κ3) is 3.14. The van der Waals surface area contributed by atoms with Crippen molar-refractivity contribution < 1.29 is 0 Å². The van der Waals surface area contributed by atoms with Crippen LogP contribution in [0.3, 0.4) is 0 Å². The molecule has 6 nitrogen and oxygen atoms in total. The Balaban J connectivity index is 1.63. The summed E-state index contributed by atoms with van der Waals surface area (Å²) in [6, 6.07) is 9.24. The van der Waals surface area contributed by atoms with Crippen molar-refractivity contribution in [3.05, 3.63) is 30.6 Å². The normalized spacial score (nSPS) is 19.9. The SMILES string of the molecule is CC(CC1CCCN1)Nc1cccc(-n2cnnn2)c1. The molecule has 1 aliphatic heterocycles. The van der Waals surface area contributed by atoms with E-state index in [0.717, 1.165) is 24.3 Å². The standard InChI is InChI=1S/C14H20N6/c1-11(8-12-5-3-7-15-12)17-13-4-2-6-14(9-13)20-10-16-18-19-20/h2,4,6,9-12,15,17H,3,5,7-8H2,1H3. The second-order valence-corrected chi connectivity index (χ2v) is 5.38. The number of rotatable bonds is 5. The van der Waals surface area contributed by atoms with Gasteiger partial charge in [0.05, 0.1) is 5.69 Å². The number of tetrazole rings is 1. The fourth-order valence-corrected chi connectivity index (χ4v) is 2.75. The highest BCUT2D eigenvalue weighted by atomic mass is 15.5. The number of aromatic nitrogens is 4. The monoisotopic (exact) mass is 272 g/mol. The zero-order valence-electron chi connectivity index (χ0n) is 11.7. The number of hydrogen-bond acceptors (Lipinski definition) is 5. The predicted octanol–water partition coefficient (Wildman–Crippen LogP) is 1.60. The number of nitrogens with zero attached hydrogens (tertiary/aromatic N) is 4. The van der Waals surface area contributed by atoms with E-state index >= 15 is 0 Å². The van der Waals surface area contributed by atoms with Gasteiger partial charge in [0.25, 0.3) is 0 Å². The summed E-state index contributed by atoms with van der Waals surface area (Å²) in [5.74, 6) is 0. The molecule has 20 heavy (non-hydrogen) atoms. The van der Waals surface area contributed by atoms with Gasteiger partial charge in [-0.05, 0) is 61.4 Å². The Bertz CT molecular complexity index is 532. The first-order valence-corrected chi connectivity index (χ1v) is 7.14. The van der Waals surface area contributed by atoms with Crippen LogP contribution < -0.4 is 10.6 Å². The molecule has 0 bridgehead atoms. The predicted molar refractivity (Wildman–Crippen MR) is 77.9 cm³/mol. The first kappa shape index (κ1) is 13.1. The lowest BCUT2D eigenvalue weighted by Gasteiger charge is -2.19. The van der Waals surface area contributed by atoms with Gasteiger partial charge in [0.2, 0.25) is 0 Å². The van der Waals surface area contributed by atoms with Crippen LogP contribution in [0.1, 0.15) is 26.2 Å². The summed E-state index contributed by atoms with van der Waals surface area (Å²) in [5.41, 5.74) is 2.06. The number of nitrogens with one attached hydrogen (secondary N) is 2. The summed E-state index contributed by atoms with van der Waals surface area (Å²) in [7, 11) is 0. The topological polar surface area (TPSA) is 67.7 Å². The quantitative estimate of drug-likeness (QED) is 0.865. The second-order valence-electron chi connectivity index (χ2n) is 5.38. The highest BCUT2D eigenvalue weighted by Gasteiger charge is 2.16. The molecule has 1 aliphatic rings. The van der Waals surface area contributed by atoms with E-state index in [2.05, 4.69) is 45.2 Å². The molecule has 3 rings (SSSR count). The van der Waals surface area contributed by atoms with Crippen LogP contribution in [0.25, 0.3) is 5.69 Å². The maximum atomic E-state index is 3.91. The second kappa shape index (κ2) is 6.00. The summed E-state index contributed by atoms with van der Waals surface area (Å²) in [6.07, 6.45) is 5.34. The Hall–Kier alpha value is -1.95. The average molecular weight is 272 g/mol. The van der Waals surface area contributed by atoms with Crippen LogP contribution in [0.15, 0.2) is 30.6 Å². The van der Waals surface area contributed by atoms with Crippen molar-refractivity contribution in [3.8, 4) is 5.69 Å². The van der Waals surface area contributed by atoms with Crippen molar-refractivity contribution >= 4 is 5.69 Å². The minimum Gasteiger partial charge on any atom is -0.382 e. The first-order valence-electron chi connectivity index (χ1n) is 7.14. The van der Waals surface area contributed by atoms with Gasteiger partial charge in [-0.2, -0.15) is 0 Å². The van der Waals surface area contributed by atoms with Gasteiger partial charge in [0, 0.05) is 17.8 Å².